The number of ether oxygens (including phenoxy) is 1. The molecule has 0 aromatic carbocycles. The average Bonchev–Trinajstić information content (AvgIpc) is 2.89. The van der Waals surface area contributed by atoms with E-state index in [-0.39, 0.29) is 10.8 Å². The van der Waals surface area contributed by atoms with E-state index in [1.807, 2.05) is 13.8 Å². The van der Waals surface area contributed by atoms with Gasteiger partial charge in [0.2, 0.25) is 0 Å². The van der Waals surface area contributed by atoms with Gasteiger partial charge in [-0.2, -0.15) is 0 Å². The third-order valence-electron chi connectivity index (χ3n) is 2.94. The minimum atomic E-state index is -0.529. The zero-order valence-electron chi connectivity index (χ0n) is 12.5. The first-order valence-electron chi connectivity index (χ1n) is 6.78. The van der Waals surface area contributed by atoms with Crippen LogP contribution in [0.2, 0.25) is 10.0 Å². The van der Waals surface area contributed by atoms with Gasteiger partial charge in [0, 0.05) is 11.1 Å². The minimum Gasteiger partial charge on any atom is -0.451 e. The van der Waals surface area contributed by atoms with Crippen LogP contribution in [0.4, 0.5) is 5.82 Å². The van der Waals surface area contributed by atoms with Crippen LogP contribution >= 0.6 is 34.5 Å². The normalized spacial score (nSPS) is 10.4. The van der Waals surface area contributed by atoms with Crippen LogP contribution in [0, 0.1) is 6.92 Å². The Balaban J connectivity index is 1.91. The van der Waals surface area contributed by atoms with Crippen LogP contribution in [0.5, 0.6) is 0 Å². The van der Waals surface area contributed by atoms with Crippen molar-refractivity contribution >= 4 is 52.2 Å². The van der Waals surface area contributed by atoms with Crippen molar-refractivity contribution in [2.45, 2.75) is 20.3 Å². The first-order valence-corrected chi connectivity index (χ1v) is 8.35. The zero-order valence-corrected chi connectivity index (χ0v) is 14.8. The van der Waals surface area contributed by atoms with Gasteiger partial charge in [-0.05, 0) is 31.0 Å². The maximum atomic E-state index is 11.9. The molecule has 0 radical (unpaired) electrons. The zero-order chi connectivity index (χ0) is 17.0. The van der Waals surface area contributed by atoms with Crippen LogP contribution in [0.25, 0.3) is 0 Å². The third-order valence-corrected chi connectivity index (χ3v) is 4.80. The number of rotatable bonds is 5. The van der Waals surface area contributed by atoms with Gasteiger partial charge < -0.3 is 10.1 Å². The Hall–Kier alpha value is -1.63. The Morgan fingerprint density at radius 1 is 1.35 bits per heavy atom. The van der Waals surface area contributed by atoms with Crippen LogP contribution < -0.4 is 5.32 Å². The summed E-state index contributed by atoms with van der Waals surface area (Å²) in [5, 5.41) is 3.03. The summed E-state index contributed by atoms with van der Waals surface area (Å²) in [4.78, 5) is 29.2. The highest BCUT2D eigenvalue weighted by Crippen LogP contribution is 2.24. The third kappa shape index (κ3) is 4.67. The molecule has 0 aliphatic carbocycles. The molecule has 1 N–H and O–H groups in total. The molecule has 0 aliphatic rings. The molecule has 8 heteroatoms. The summed E-state index contributed by atoms with van der Waals surface area (Å²) in [7, 11) is 0. The standard InChI is InChI=1S/C15H14Cl2N2O3S/c1-3-11-8(2)4-12(23-11)15(21)22-7-13(20)19-14-10(17)5-9(16)6-18-14/h4-6H,3,7H2,1-2H3,(H,18,19,20). The lowest BCUT2D eigenvalue weighted by atomic mass is 10.2. The fraction of sp³-hybridized carbons (Fsp3) is 0.267. The van der Waals surface area contributed by atoms with E-state index in [9.17, 15) is 9.59 Å². The van der Waals surface area contributed by atoms with Crippen LogP contribution in [-0.2, 0) is 16.0 Å². The number of halogens is 2. The van der Waals surface area contributed by atoms with Crippen molar-refractivity contribution in [2.24, 2.45) is 0 Å². The SMILES string of the molecule is CCc1sc(C(=O)OCC(=O)Nc2ncc(Cl)cc2Cl)cc1C. The number of nitrogens with zero attached hydrogens (tertiary/aromatic N) is 1. The molecule has 0 unspecified atom stereocenters. The topological polar surface area (TPSA) is 68.3 Å². The van der Waals surface area contributed by atoms with Crippen molar-refractivity contribution in [2.75, 3.05) is 11.9 Å². The van der Waals surface area contributed by atoms with Gasteiger partial charge in [0.15, 0.2) is 12.4 Å². The summed E-state index contributed by atoms with van der Waals surface area (Å²) in [6, 6.07) is 3.22. The van der Waals surface area contributed by atoms with Gasteiger partial charge >= 0.3 is 5.97 Å². The summed E-state index contributed by atoms with van der Waals surface area (Å²) < 4.78 is 5.00. The van der Waals surface area contributed by atoms with Crippen molar-refractivity contribution in [1.29, 1.82) is 0 Å². The predicted molar refractivity (Wildman–Crippen MR) is 91.6 cm³/mol. The Labute approximate surface area is 147 Å². The molecule has 0 fully saturated rings. The van der Waals surface area contributed by atoms with E-state index in [4.69, 9.17) is 27.9 Å². The largest absolute Gasteiger partial charge is 0.451 e. The summed E-state index contributed by atoms with van der Waals surface area (Å²) in [5.41, 5.74) is 1.05. The molecule has 2 aromatic rings. The second-order valence-corrected chi connectivity index (χ2v) is 6.66. The van der Waals surface area contributed by atoms with Crippen LogP contribution in [0.15, 0.2) is 18.3 Å². The van der Waals surface area contributed by atoms with Gasteiger partial charge in [0.25, 0.3) is 5.91 Å². The Kier molecular flexibility index (Phi) is 5.98. The Morgan fingerprint density at radius 2 is 2.09 bits per heavy atom. The second kappa shape index (κ2) is 7.77. The molecule has 122 valence electrons. The molecule has 0 spiro atoms. The molecular formula is C15H14Cl2N2O3S. The number of thiophene rings is 1. The average molecular weight is 373 g/mol. The van der Waals surface area contributed by atoms with Gasteiger partial charge in [-0.3, -0.25) is 4.79 Å². The Bertz CT molecular complexity index is 746. The number of nitrogens with one attached hydrogen (secondary N) is 1. The molecule has 2 heterocycles. The molecule has 0 saturated heterocycles. The fourth-order valence-electron chi connectivity index (χ4n) is 1.85. The predicted octanol–water partition coefficient (Wildman–Crippen LogP) is 4.12. The van der Waals surface area contributed by atoms with E-state index in [0.717, 1.165) is 16.9 Å². The van der Waals surface area contributed by atoms with Crippen LogP contribution in [0.3, 0.4) is 0 Å². The molecule has 2 rings (SSSR count). The lowest BCUT2D eigenvalue weighted by Gasteiger charge is -2.06. The van der Waals surface area contributed by atoms with E-state index < -0.39 is 18.5 Å². The number of carbonyl (C=O) groups excluding carboxylic acids is 2. The maximum absolute atomic E-state index is 11.9. The monoisotopic (exact) mass is 372 g/mol. The fourth-order valence-corrected chi connectivity index (χ4v) is 3.28. The number of amides is 1. The molecule has 0 atom stereocenters. The number of anilines is 1. The quantitative estimate of drug-likeness (QED) is 0.801. The van der Waals surface area contributed by atoms with Gasteiger partial charge in [-0.1, -0.05) is 30.1 Å². The molecule has 0 bridgehead atoms. The van der Waals surface area contributed by atoms with Gasteiger partial charge in [0.1, 0.15) is 4.88 Å². The number of aromatic nitrogens is 1. The lowest BCUT2D eigenvalue weighted by Crippen LogP contribution is -2.21. The summed E-state index contributed by atoms with van der Waals surface area (Å²) in [6.07, 6.45) is 2.21. The minimum absolute atomic E-state index is 0.164. The second-order valence-electron chi connectivity index (χ2n) is 4.68. The molecule has 1 amide bonds. The van der Waals surface area contributed by atoms with Crippen molar-refractivity contribution in [3.63, 3.8) is 0 Å². The molecule has 5 nitrogen and oxygen atoms in total. The maximum Gasteiger partial charge on any atom is 0.348 e. The van der Waals surface area contributed by atoms with Crippen LogP contribution in [-0.4, -0.2) is 23.5 Å². The molecule has 2 aromatic heterocycles. The lowest BCUT2D eigenvalue weighted by molar-refractivity contribution is -0.119. The van der Waals surface area contributed by atoms with Crippen LogP contribution in [0.1, 0.15) is 27.0 Å². The summed E-state index contributed by atoms with van der Waals surface area (Å²) in [6.45, 7) is 3.54. The number of hydrogen-bond donors (Lipinski definition) is 1. The van der Waals surface area contributed by atoms with Crippen molar-refractivity contribution in [1.82, 2.24) is 4.98 Å². The van der Waals surface area contributed by atoms with Crippen molar-refractivity contribution in [3.05, 3.63) is 43.7 Å². The van der Waals surface area contributed by atoms with Crippen molar-refractivity contribution in [3.8, 4) is 0 Å². The van der Waals surface area contributed by atoms with Gasteiger partial charge in [0.05, 0.1) is 10.0 Å². The van der Waals surface area contributed by atoms with E-state index in [2.05, 4.69) is 10.3 Å². The highest BCUT2D eigenvalue weighted by atomic mass is 35.5. The first kappa shape index (κ1) is 17.7. The van der Waals surface area contributed by atoms with Gasteiger partial charge in [-0.15, -0.1) is 11.3 Å². The summed E-state index contributed by atoms with van der Waals surface area (Å²) >= 11 is 13.0. The molecule has 23 heavy (non-hydrogen) atoms. The molecular weight excluding hydrogens is 359 g/mol. The molecule has 0 aliphatic heterocycles. The van der Waals surface area contributed by atoms with Crippen molar-refractivity contribution < 1.29 is 14.3 Å². The van der Waals surface area contributed by atoms with E-state index >= 15 is 0 Å². The number of esters is 1. The Morgan fingerprint density at radius 3 is 2.70 bits per heavy atom. The highest BCUT2D eigenvalue weighted by molar-refractivity contribution is 7.14. The smallest absolute Gasteiger partial charge is 0.348 e. The van der Waals surface area contributed by atoms with Gasteiger partial charge in [-0.25, -0.2) is 9.78 Å². The number of pyridine rings is 1. The number of carbonyl (C=O) groups is 2. The molecule has 0 saturated carbocycles. The van der Waals surface area contributed by atoms with E-state index in [0.29, 0.717) is 9.90 Å². The highest BCUT2D eigenvalue weighted by Gasteiger charge is 2.15. The first-order chi connectivity index (χ1) is 10.9. The number of aryl methyl sites for hydroxylation is 2. The number of hydrogen-bond acceptors (Lipinski definition) is 5. The summed E-state index contributed by atoms with van der Waals surface area (Å²) in [5.74, 6) is -0.889. The van der Waals surface area contributed by atoms with E-state index in [1.165, 1.54) is 23.6 Å². The van der Waals surface area contributed by atoms with E-state index in [1.54, 1.807) is 6.07 Å².